The first-order valence-electron chi connectivity index (χ1n) is 6.17. The van der Waals surface area contributed by atoms with Gasteiger partial charge in [-0.2, -0.15) is 0 Å². The molecule has 2 rings (SSSR count). The van der Waals surface area contributed by atoms with Crippen LogP contribution in [0.4, 0.5) is 8.78 Å². The van der Waals surface area contributed by atoms with E-state index in [1.165, 1.54) is 18.3 Å². The molecule has 0 fully saturated rings. The van der Waals surface area contributed by atoms with Crippen LogP contribution in [0.25, 0.3) is 0 Å². The van der Waals surface area contributed by atoms with Crippen LogP contribution < -0.4 is 10.1 Å². The summed E-state index contributed by atoms with van der Waals surface area (Å²) < 4.78 is 30.7. The molecular formula is C13H14F2N4O2. The number of carbonyl (C=O) groups excluding carboxylic acids is 1. The SMILES string of the molecule is Cn1ccnc1CNC(=O)c1ccnc(OCC(F)F)c1. The summed E-state index contributed by atoms with van der Waals surface area (Å²) in [5, 5.41) is 2.68. The Bertz CT molecular complexity index is 616. The molecule has 0 aromatic carbocycles. The molecule has 0 atom stereocenters. The van der Waals surface area contributed by atoms with Gasteiger partial charge in [0, 0.05) is 37.3 Å². The van der Waals surface area contributed by atoms with Crippen molar-refractivity contribution in [2.75, 3.05) is 6.61 Å². The molecule has 21 heavy (non-hydrogen) atoms. The lowest BCUT2D eigenvalue weighted by Gasteiger charge is -2.07. The van der Waals surface area contributed by atoms with E-state index >= 15 is 0 Å². The molecule has 1 N–H and O–H groups in total. The van der Waals surface area contributed by atoms with Gasteiger partial charge in [0.2, 0.25) is 5.88 Å². The van der Waals surface area contributed by atoms with E-state index < -0.39 is 13.0 Å². The fourth-order valence-corrected chi connectivity index (χ4v) is 1.61. The van der Waals surface area contributed by atoms with Crippen LogP contribution in [0.1, 0.15) is 16.2 Å². The lowest BCUT2D eigenvalue weighted by Crippen LogP contribution is -2.24. The van der Waals surface area contributed by atoms with Crippen molar-refractivity contribution < 1.29 is 18.3 Å². The first kappa shape index (κ1) is 14.9. The minimum atomic E-state index is -2.59. The van der Waals surface area contributed by atoms with E-state index in [9.17, 15) is 13.6 Å². The second kappa shape index (κ2) is 6.78. The first-order chi connectivity index (χ1) is 10.1. The Morgan fingerprint density at radius 2 is 2.24 bits per heavy atom. The highest BCUT2D eigenvalue weighted by molar-refractivity contribution is 5.94. The quantitative estimate of drug-likeness (QED) is 0.874. The number of aryl methyl sites for hydroxylation is 1. The van der Waals surface area contributed by atoms with E-state index in [-0.39, 0.29) is 23.9 Å². The third kappa shape index (κ3) is 4.23. The molecule has 2 heterocycles. The summed E-state index contributed by atoms with van der Waals surface area (Å²) in [7, 11) is 1.82. The van der Waals surface area contributed by atoms with E-state index in [0.717, 1.165) is 0 Å². The predicted molar refractivity (Wildman–Crippen MR) is 70.1 cm³/mol. The number of hydrogen-bond donors (Lipinski definition) is 1. The van der Waals surface area contributed by atoms with Gasteiger partial charge in [-0.15, -0.1) is 0 Å². The van der Waals surface area contributed by atoms with E-state index in [1.807, 2.05) is 7.05 Å². The zero-order valence-electron chi connectivity index (χ0n) is 11.3. The van der Waals surface area contributed by atoms with Crippen LogP contribution in [-0.2, 0) is 13.6 Å². The van der Waals surface area contributed by atoms with E-state index in [2.05, 4.69) is 15.3 Å². The number of nitrogens with one attached hydrogen (secondary N) is 1. The topological polar surface area (TPSA) is 69.0 Å². The molecule has 0 saturated carbocycles. The smallest absolute Gasteiger partial charge is 0.272 e. The summed E-state index contributed by atoms with van der Waals surface area (Å²) in [6, 6.07) is 2.79. The Labute approximate surface area is 119 Å². The summed E-state index contributed by atoms with van der Waals surface area (Å²) in [6.45, 7) is -0.497. The zero-order valence-corrected chi connectivity index (χ0v) is 11.3. The van der Waals surface area contributed by atoms with Crippen molar-refractivity contribution in [3.63, 3.8) is 0 Å². The molecule has 8 heteroatoms. The molecule has 1 amide bonds. The van der Waals surface area contributed by atoms with Crippen LogP contribution in [0.2, 0.25) is 0 Å². The summed E-state index contributed by atoms with van der Waals surface area (Å²) in [5.41, 5.74) is 0.281. The van der Waals surface area contributed by atoms with Gasteiger partial charge in [0.25, 0.3) is 12.3 Å². The lowest BCUT2D eigenvalue weighted by atomic mass is 10.2. The minimum absolute atomic E-state index is 0.0139. The van der Waals surface area contributed by atoms with Gasteiger partial charge in [-0.05, 0) is 6.07 Å². The molecule has 0 aliphatic heterocycles. The normalized spacial score (nSPS) is 10.7. The molecule has 6 nitrogen and oxygen atoms in total. The highest BCUT2D eigenvalue weighted by atomic mass is 19.3. The molecule has 0 aliphatic carbocycles. The van der Waals surface area contributed by atoms with Crippen LogP contribution in [-0.4, -0.2) is 33.5 Å². The van der Waals surface area contributed by atoms with Crippen molar-refractivity contribution >= 4 is 5.91 Å². The maximum absolute atomic E-state index is 12.1. The Hall–Kier alpha value is -2.51. The number of amides is 1. The number of nitrogens with zero attached hydrogens (tertiary/aromatic N) is 3. The monoisotopic (exact) mass is 296 g/mol. The lowest BCUT2D eigenvalue weighted by molar-refractivity contribution is 0.0794. The maximum Gasteiger partial charge on any atom is 0.272 e. The number of rotatable bonds is 6. The van der Waals surface area contributed by atoms with E-state index in [4.69, 9.17) is 4.74 Å². The molecule has 0 bridgehead atoms. The standard InChI is InChI=1S/C13H14F2N4O2/c1-19-5-4-16-11(19)7-18-13(20)9-2-3-17-12(6-9)21-8-10(14)15/h2-6,10H,7-8H2,1H3,(H,18,20). The van der Waals surface area contributed by atoms with Gasteiger partial charge in [0.1, 0.15) is 5.82 Å². The van der Waals surface area contributed by atoms with Crippen molar-refractivity contribution in [1.82, 2.24) is 19.9 Å². The van der Waals surface area contributed by atoms with Gasteiger partial charge >= 0.3 is 0 Å². The van der Waals surface area contributed by atoms with Crippen LogP contribution in [0, 0.1) is 0 Å². The third-order valence-corrected chi connectivity index (χ3v) is 2.68. The number of carbonyl (C=O) groups is 1. The number of halogens is 2. The first-order valence-corrected chi connectivity index (χ1v) is 6.17. The number of aromatic nitrogens is 3. The highest BCUT2D eigenvalue weighted by Gasteiger charge is 2.10. The molecule has 0 radical (unpaired) electrons. The Kier molecular flexibility index (Phi) is 4.81. The summed E-state index contributed by atoms with van der Waals surface area (Å²) in [5.74, 6) is 0.328. The van der Waals surface area contributed by atoms with Gasteiger partial charge in [-0.25, -0.2) is 18.7 Å². The predicted octanol–water partition coefficient (Wildman–Crippen LogP) is 1.39. The summed E-state index contributed by atoms with van der Waals surface area (Å²) in [6.07, 6.45) is 2.14. The molecule has 0 saturated heterocycles. The van der Waals surface area contributed by atoms with Crippen LogP contribution in [0.5, 0.6) is 5.88 Å². The van der Waals surface area contributed by atoms with Crippen LogP contribution in [0.15, 0.2) is 30.7 Å². The number of hydrogen-bond acceptors (Lipinski definition) is 4. The third-order valence-electron chi connectivity index (χ3n) is 2.68. The van der Waals surface area contributed by atoms with Gasteiger partial charge in [0.05, 0.1) is 6.54 Å². The van der Waals surface area contributed by atoms with Gasteiger partial charge in [-0.3, -0.25) is 4.79 Å². The van der Waals surface area contributed by atoms with Crippen LogP contribution >= 0.6 is 0 Å². The fraction of sp³-hybridized carbons (Fsp3) is 0.308. The Morgan fingerprint density at radius 3 is 2.90 bits per heavy atom. The van der Waals surface area contributed by atoms with E-state index in [0.29, 0.717) is 5.82 Å². The number of pyridine rings is 1. The highest BCUT2D eigenvalue weighted by Crippen LogP contribution is 2.10. The van der Waals surface area contributed by atoms with Crippen molar-refractivity contribution in [2.45, 2.75) is 13.0 Å². The number of alkyl halides is 2. The van der Waals surface area contributed by atoms with Crippen molar-refractivity contribution in [3.8, 4) is 5.88 Å². The van der Waals surface area contributed by atoms with Crippen molar-refractivity contribution in [3.05, 3.63) is 42.1 Å². The summed E-state index contributed by atoms with van der Waals surface area (Å²) in [4.78, 5) is 19.8. The van der Waals surface area contributed by atoms with Crippen molar-refractivity contribution in [1.29, 1.82) is 0 Å². The number of ether oxygens (including phenoxy) is 1. The van der Waals surface area contributed by atoms with Gasteiger partial charge < -0.3 is 14.6 Å². The van der Waals surface area contributed by atoms with E-state index in [1.54, 1.807) is 17.0 Å². The zero-order chi connectivity index (χ0) is 15.2. The minimum Gasteiger partial charge on any atom is -0.472 e. The maximum atomic E-state index is 12.1. The van der Waals surface area contributed by atoms with Gasteiger partial charge in [-0.1, -0.05) is 0 Å². The van der Waals surface area contributed by atoms with Crippen LogP contribution in [0.3, 0.4) is 0 Å². The van der Waals surface area contributed by atoms with Gasteiger partial charge in [0.15, 0.2) is 6.61 Å². The largest absolute Gasteiger partial charge is 0.472 e. The Morgan fingerprint density at radius 1 is 1.43 bits per heavy atom. The molecule has 2 aromatic heterocycles. The molecule has 0 unspecified atom stereocenters. The molecular weight excluding hydrogens is 282 g/mol. The molecule has 0 aliphatic rings. The second-order valence-corrected chi connectivity index (χ2v) is 4.22. The molecule has 112 valence electrons. The number of imidazole rings is 1. The molecule has 0 spiro atoms. The average molecular weight is 296 g/mol. The Balaban J connectivity index is 1.95. The average Bonchev–Trinajstić information content (AvgIpc) is 2.88. The van der Waals surface area contributed by atoms with Crippen molar-refractivity contribution in [2.24, 2.45) is 7.05 Å². The fourth-order valence-electron chi connectivity index (χ4n) is 1.61. The summed E-state index contributed by atoms with van der Waals surface area (Å²) >= 11 is 0. The second-order valence-electron chi connectivity index (χ2n) is 4.22. The molecule has 2 aromatic rings.